The first-order chi connectivity index (χ1) is 8.97. The maximum atomic E-state index is 11.9. The number of hydrogen-bond donors (Lipinski definition) is 1. The van der Waals surface area contributed by atoms with E-state index in [-0.39, 0.29) is 5.91 Å². The molecule has 0 unspecified atom stereocenters. The molecule has 0 atom stereocenters. The second-order valence-corrected chi connectivity index (χ2v) is 6.01. The highest BCUT2D eigenvalue weighted by Crippen LogP contribution is 2.21. The molecule has 104 valence electrons. The molecule has 2 heterocycles. The van der Waals surface area contributed by atoms with Gasteiger partial charge in [0.2, 0.25) is 5.91 Å². The zero-order chi connectivity index (χ0) is 13.9. The van der Waals surface area contributed by atoms with Gasteiger partial charge in [0.05, 0.1) is 0 Å². The fourth-order valence-electron chi connectivity index (χ4n) is 2.02. The zero-order valence-corrected chi connectivity index (χ0v) is 11.9. The molecular weight excluding hydrogens is 240 g/mol. The number of anilines is 2. The smallest absolute Gasteiger partial charge is 0.230 e. The van der Waals surface area contributed by atoms with Crippen LogP contribution in [0.15, 0.2) is 12.4 Å². The molecule has 1 amide bonds. The fourth-order valence-corrected chi connectivity index (χ4v) is 2.02. The van der Waals surface area contributed by atoms with Crippen molar-refractivity contribution >= 4 is 17.5 Å². The number of nitrogens with one attached hydrogen (secondary N) is 1. The largest absolute Gasteiger partial charge is 0.356 e. The summed E-state index contributed by atoms with van der Waals surface area (Å²) in [5, 5.41) is 2.84. The third-order valence-corrected chi connectivity index (χ3v) is 3.26. The highest BCUT2D eigenvalue weighted by atomic mass is 16.2. The van der Waals surface area contributed by atoms with Crippen LogP contribution < -0.4 is 10.2 Å². The number of rotatable bonds is 2. The molecule has 1 saturated heterocycles. The van der Waals surface area contributed by atoms with Gasteiger partial charge in [0.1, 0.15) is 18.0 Å². The van der Waals surface area contributed by atoms with Gasteiger partial charge in [-0.25, -0.2) is 9.97 Å². The van der Waals surface area contributed by atoms with E-state index in [2.05, 4.69) is 20.2 Å². The van der Waals surface area contributed by atoms with Crippen LogP contribution >= 0.6 is 0 Å². The van der Waals surface area contributed by atoms with Gasteiger partial charge in [-0.1, -0.05) is 20.8 Å². The second kappa shape index (κ2) is 5.55. The average molecular weight is 262 g/mol. The molecule has 0 spiro atoms. The molecule has 1 aliphatic rings. The van der Waals surface area contributed by atoms with Crippen LogP contribution in [0.1, 0.15) is 40.0 Å². The van der Waals surface area contributed by atoms with Crippen LogP contribution in [0.25, 0.3) is 0 Å². The van der Waals surface area contributed by atoms with Crippen molar-refractivity contribution in [2.24, 2.45) is 5.41 Å². The Hall–Kier alpha value is -1.65. The lowest BCUT2D eigenvalue weighted by atomic mass is 9.96. The van der Waals surface area contributed by atoms with Gasteiger partial charge in [0.25, 0.3) is 0 Å². The van der Waals surface area contributed by atoms with E-state index in [9.17, 15) is 4.79 Å². The number of aromatic nitrogens is 2. The highest BCUT2D eigenvalue weighted by Gasteiger charge is 2.22. The summed E-state index contributed by atoms with van der Waals surface area (Å²) in [6, 6.07) is 1.86. The van der Waals surface area contributed by atoms with Gasteiger partial charge in [-0.05, 0) is 19.3 Å². The first-order valence-electron chi connectivity index (χ1n) is 6.85. The zero-order valence-electron chi connectivity index (χ0n) is 11.9. The molecule has 0 bridgehead atoms. The molecule has 0 aromatic carbocycles. The number of nitrogens with zero attached hydrogens (tertiary/aromatic N) is 3. The van der Waals surface area contributed by atoms with Crippen LogP contribution in [0.4, 0.5) is 11.6 Å². The van der Waals surface area contributed by atoms with Crippen LogP contribution in [0, 0.1) is 5.41 Å². The Bertz CT molecular complexity index is 447. The Morgan fingerprint density at radius 3 is 2.53 bits per heavy atom. The third kappa shape index (κ3) is 3.66. The van der Waals surface area contributed by atoms with Crippen molar-refractivity contribution in [3.63, 3.8) is 0 Å². The molecule has 5 heteroatoms. The number of hydrogen-bond acceptors (Lipinski definition) is 4. The minimum atomic E-state index is -0.420. The molecular formula is C14H22N4O. The summed E-state index contributed by atoms with van der Waals surface area (Å²) in [4.78, 5) is 22.6. The van der Waals surface area contributed by atoms with Crippen molar-refractivity contribution in [2.45, 2.75) is 40.0 Å². The molecule has 1 aromatic rings. The van der Waals surface area contributed by atoms with E-state index in [0.29, 0.717) is 5.82 Å². The van der Waals surface area contributed by atoms with Crippen LogP contribution in [0.2, 0.25) is 0 Å². The lowest BCUT2D eigenvalue weighted by Crippen LogP contribution is -2.31. The van der Waals surface area contributed by atoms with Gasteiger partial charge >= 0.3 is 0 Å². The summed E-state index contributed by atoms with van der Waals surface area (Å²) < 4.78 is 0. The Labute approximate surface area is 114 Å². The minimum absolute atomic E-state index is 0.0317. The van der Waals surface area contributed by atoms with Crippen molar-refractivity contribution < 1.29 is 4.79 Å². The number of carbonyl (C=O) groups is 1. The quantitative estimate of drug-likeness (QED) is 0.889. The average Bonchev–Trinajstić information content (AvgIpc) is 2.39. The SMILES string of the molecule is CC(C)(C)C(=O)Nc1cc(N2CCCCC2)ncn1. The highest BCUT2D eigenvalue weighted by molar-refractivity contribution is 5.93. The summed E-state index contributed by atoms with van der Waals surface area (Å²) in [6.07, 6.45) is 5.21. The Kier molecular flexibility index (Phi) is 4.02. The van der Waals surface area contributed by atoms with Crippen molar-refractivity contribution in [3.05, 3.63) is 12.4 Å². The molecule has 5 nitrogen and oxygen atoms in total. The number of amides is 1. The molecule has 0 radical (unpaired) electrons. The third-order valence-electron chi connectivity index (χ3n) is 3.26. The molecule has 2 rings (SSSR count). The summed E-state index contributed by atoms with van der Waals surface area (Å²) in [7, 11) is 0. The van der Waals surface area contributed by atoms with Gasteiger partial charge in [0, 0.05) is 24.6 Å². The van der Waals surface area contributed by atoms with Crippen LogP contribution in [-0.2, 0) is 4.79 Å². The van der Waals surface area contributed by atoms with Crippen molar-refractivity contribution in [2.75, 3.05) is 23.3 Å². The topological polar surface area (TPSA) is 58.1 Å². The summed E-state index contributed by atoms with van der Waals surface area (Å²) >= 11 is 0. The first-order valence-corrected chi connectivity index (χ1v) is 6.85. The van der Waals surface area contributed by atoms with E-state index < -0.39 is 5.41 Å². The van der Waals surface area contributed by atoms with E-state index >= 15 is 0 Å². The first kappa shape index (κ1) is 13.8. The van der Waals surface area contributed by atoms with Gasteiger partial charge in [-0.2, -0.15) is 0 Å². The second-order valence-electron chi connectivity index (χ2n) is 6.01. The van der Waals surface area contributed by atoms with E-state index in [1.54, 1.807) is 0 Å². The van der Waals surface area contributed by atoms with Crippen molar-refractivity contribution in [1.29, 1.82) is 0 Å². The van der Waals surface area contributed by atoms with E-state index in [4.69, 9.17) is 0 Å². The van der Waals surface area contributed by atoms with Crippen LogP contribution in [0.3, 0.4) is 0 Å². The normalized spacial score (nSPS) is 16.3. The molecule has 1 fully saturated rings. The molecule has 0 saturated carbocycles. The predicted octanol–water partition coefficient (Wildman–Crippen LogP) is 2.45. The summed E-state index contributed by atoms with van der Waals surface area (Å²) in [6.45, 7) is 7.71. The van der Waals surface area contributed by atoms with Crippen LogP contribution in [-0.4, -0.2) is 29.0 Å². The van der Waals surface area contributed by atoms with Gasteiger partial charge in [-0.3, -0.25) is 4.79 Å². The van der Waals surface area contributed by atoms with E-state index in [1.807, 2.05) is 26.8 Å². The molecule has 1 aromatic heterocycles. The summed E-state index contributed by atoms with van der Waals surface area (Å²) in [5.41, 5.74) is -0.420. The van der Waals surface area contributed by atoms with Crippen LogP contribution in [0.5, 0.6) is 0 Å². The van der Waals surface area contributed by atoms with E-state index in [0.717, 1.165) is 18.9 Å². The van der Waals surface area contributed by atoms with Gasteiger partial charge in [-0.15, -0.1) is 0 Å². The van der Waals surface area contributed by atoms with E-state index in [1.165, 1.54) is 25.6 Å². The number of carbonyl (C=O) groups excluding carboxylic acids is 1. The summed E-state index contributed by atoms with van der Waals surface area (Å²) in [5.74, 6) is 1.45. The van der Waals surface area contributed by atoms with Crippen molar-refractivity contribution in [1.82, 2.24) is 9.97 Å². The van der Waals surface area contributed by atoms with Gasteiger partial charge in [0.15, 0.2) is 0 Å². The number of piperidine rings is 1. The Balaban J connectivity index is 2.08. The Morgan fingerprint density at radius 2 is 1.89 bits per heavy atom. The maximum Gasteiger partial charge on any atom is 0.230 e. The van der Waals surface area contributed by atoms with Gasteiger partial charge < -0.3 is 10.2 Å². The predicted molar refractivity (Wildman–Crippen MR) is 76.2 cm³/mol. The minimum Gasteiger partial charge on any atom is -0.356 e. The lowest BCUT2D eigenvalue weighted by molar-refractivity contribution is -0.123. The molecule has 1 aliphatic heterocycles. The molecule has 0 aliphatic carbocycles. The monoisotopic (exact) mass is 262 g/mol. The van der Waals surface area contributed by atoms with Crippen molar-refractivity contribution in [3.8, 4) is 0 Å². The standard InChI is InChI=1S/C14H22N4O/c1-14(2,3)13(19)17-11-9-12(16-10-15-11)18-7-5-4-6-8-18/h9-10H,4-8H2,1-3H3,(H,15,16,17,19). The maximum absolute atomic E-state index is 11.9. The fraction of sp³-hybridized carbons (Fsp3) is 0.643. The lowest BCUT2D eigenvalue weighted by Gasteiger charge is -2.27. The Morgan fingerprint density at radius 1 is 1.21 bits per heavy atom. The molecule has 19 heavy (non-hydrogen) atoms. The molecule has 1 N–H and O–H groups in total.